The minimum atomic E-state index is -1.03. The van der Waals surface area contributed by atoms with Gasteiger partial charge >= 0.3 is 5.97 Å². The van der Waals surface area contributed by atoms with Gasteiger partial charge in [-0.1, -0.05) is 5.21 Å². The molecule has 0 spiro atoms. The summed E-state index contributed by atoms with van der Waals surface area (Å²) >= 11 is 0. The average Bonchev–Trinajstić information content (AvgIpc) is 3.06. The number of aromatic nitrogens is 3. The van der Waals surface area contributed by atoms with Crippen LogP contribution in [0.4, 0.5) is 0 Å². The minimum Gasteiger partial charge on any atom is -0.476 e. The number of carbonyl (C=O) groups is 1. The second-order valence-electron chi connectivity index (χ2n) is 5.06. The van der Waals surface area contributed by atoms with E-state index in [2.05, 4.69) is 15.2 Å². The van der Waals surface area contributed by atoms with Crippen LogP contribution in [0, 0.1) is 0 Å². The highest BCUT2D eigenvalue weighted by Crippen LogP contribution is 2.10. The lowest BCUT2D eigenvalue weighted by molar-refractivity contribution is 0.0688. The third-order valence-corrected chi connectivity index (χ3v) is 3.63. The molecular formula is C13H22N4O3. The molecule has 0 aromatic carbocycles. The van der Waals surface area contributed by atoms with E-state index in [9.17, 15) is 4.79 Å². The quantitative estimate of drug-likeness (QED) is 0.754. The van der Waals surface area contributed by atoms with Gasteiger partial charge in [0, 0.05) is 20.1 Å². The molecule has 1 fully saturated rings. The van der Waals surface area contributed by atoms with Crippen LogP contribution in [-0.2, 0) is 17.7 Å². The molecule has 1 aliphatic rings. The second-order valence-corrected chi connectivity index (χ2v) is 5.06. The Morgan fingerprint density at radius 2 is 2.10 bits per heavy atom. The van der Waals surface area contributed by atoms with Gasteiger partial charge in [-0.15, -0.1) is 5.10 Å². The van der Waals surface area contributed by atoms with Crippen molar-refractivity contribution in [3.8, 4) is 0 Å². The molecule has 0 unspecified atom stereocenters. The normalized spacial score (nSPS) is 15.8. The summed E-state index contributed by atoms with van der Waals surface area (Å²) in [5.41, 5.74) is 0.698. The van der Waals surface area contributed by atoms with Crippen molar-refractivity contribution < 1.29 is 14.6 Å². The van der Waals surface area contributed by atoms with E-state index in [-0.39, 0.29) is 5.69 Å². The Bertz CT molecular complexity index is 441. The third kappa shape index (κ3) is 3.77. The molecule has 0 atom stereocenters. The molecule has 1 N–H and O–H groups in total. The Kier molecular flexibility index (Phi) is 5.49. The van der Waals surface area contributed by atoms with Gasteiger partial charge in [-0.05, 0) is 38.9 Å². The number of carboxylic acid groups (broad SMARTS) is 1. The van der Waals surface area contributed by atoms with Gasteiger partial charge in [-0.2, -0.15) is 0 Å². The number of methoxy groups -OCH3 is 1. The summed E-state index contributed by atoms with van der Waals surface area (Å²) in [6.45, 7) is 4.56. The SMILES string of the molecule is COCCc1c(C(=O)O)nnn1CCCN1CCCC1. The van der Waals surface area contributed by atoms with E-state index >= 15 is 0 Å². The molecule has 1 aromatic rings. The first-order valence-electron chi connectivity index (χ1n) is 7.09. The minimum absolute atomic E-state index is 0.0447. The van der Waals surface area contributed by atoms with E-state index in [0.29, 0.717) is 25.3 Å². The maximum absolute atomic E-state index is 11.1. The molecule has 2 rings (SSSR count). The standard InChI is InChI=1S/C13H22N4O3/c1-20-10-5-11-12(13(18)19)14-15-17(11)9-4-8-16-6-2-3-7-16/h2-10H2,1H3,(H,18,19). The van der Waals surface area contributed by atoms with Crippen LogP contribution in [0.2, 0.25) is 0 Å². The van der Waals surface area contributed by atoms with Crippen molar-refractivity contribution in [3.63, 3.8) is 0 Å². The van der Waals surface area contributed by atoms with Crippen LogP contribution in [0.25, 0.3) is 0 Å². The van der Waals surface area contributed by atoms with Crippen molar-refractivity contribution in [1.82, 2.24) is 19.9 Å². The van der Waals surface area contributed by atoms with Crippen LogP contribution in [0.3, 0.4) is 0 Å². The van der Waals surface area contributed by atoms with Crippen molar-refractivity contribution in [2.75, 3.05) is 33.4 Å². The van der Waals surface area contributed by atoms with Crippen LogP contribution in [0.15, 0.2) is 0 Å². The number of aryl methyl sites for hydroxylation is 1. The number of likely N-dealkylation sites (tertiary alicyclic amines) is 1. The second kappa shape index (κ2) is 7.35. The maximum atomic E-state index is 11.1. The van der Waals surface area contributed by atoms with Crippen molar-refractivity contribution in [2.24, 2.45) is 0 Å². The summed E-state index contributed by atoms with van der Waals surface area (Å²) in [5.74, 6) is -1.03. The molecule has 1 aliphatic heterocycles. The Labute approximate surface area is 118 Å². The Balaban J connectivity index is 1.93. The number of aromatic carboxylic acids is 1. The van der Waals surface area contributed by atoms with Crippen molar-refractivity contribution in [1.29, 1.82) is 0 Å². The summed E-state index contributed by atoms with van der Waals surface area (Å²) in [4.78, 5) is 13.6. The van der Waals surface area contributed by atoms with E-state index < -0.39 is 5.97 Å². The highest BCUT2D eigenvalue weighted by atomic mass is 16.5. The summed E-state index contributed by atoms with van der Waals surface area (Å²) in [5, 5.41) is 16.8. The number of hydrogen-bond donors (Lipinski definition) is 1. The first-order valence-corrected chi connectivity index (χ1v) is 7.09. The topological polar surface area (TPSA) is 80.5 Å². The van der Waals surface area contributed by atoms with Crippen LogP contribution < -0.4 is 0 Å². The lowest BCUT2D eigenvalue weighted by atomic mass is 10.2. The molecule has 1 saturated heterocycles. The highest BCUT2D eigenvalue weighted by Gasteiger charge is 2.19. The van der Waals surface area contributed by atoms with E-state index in [4.69, 9.17) is 9.84 Å². The van der Waals surface area contributed by atoms with E-state index in [1.807, 2.05) is 0 Å². The molecule has 7 heteroatoms. The van der Waals surface area contributed by atoms with Gasteiger partial charge < -0.3 is 14.7 Å². The molecule has 0 aliphatic carbocycles. The summed E-state index contributed by atoms with van der Waals surface area (Å²) < 4.78 is 6.73. The lowest BCUT2D eigenvalue weighted by Gasteiger charge is -2.14. The Morgan fingerprint density at radius 1 is 1.35 bits per heavy atom. The zero-order chi connectivity index (χ0) is 14.4. The number of nitrogens with zero attached hydrogens (tertiary/aromatic N) is 4. The third-order valence-electron chi connectivity index (χ3n) is 3.63. The molecule has 7 nitrogen and oxygen atoms in total. The molecule has 0 saturated carbocycles. The predicted octanol–water partition coefficient (Wildman–Crippen LogP) is 0.651. The lowest BCUT2D eigenvalue weighted by Crippen LogP contribution is -2.22. The number of carboxylic acids is 1. The average molecular weight is 282 g/mol. The van der Waals surface area contributed by atoms with Gasteiger partial charge in [0.2, 0.25) is 0 Å². The highest BCUT2D eigenvalue weighted by molar-refractivity contribution is 5.86. The fraction of sp³-hybridized carbons (Fsp3) is 0.769. The van der Waals surface area contributed by atoms with Gasteiger partial charge in [0.05, 0.1) is 12.3 Å². The Hall–Kier alpha value is -1.47. The monoisotopic (exact) mass is 282 g/mol. The number of ether oxygens (including phenoxy) is 1. The molecule has 112 valence electrons. The van der Waals surface area contributed by atoms with Gasteiger partial charge in [-0.25, -0.2) is 9.48 Å². The first-order chi connectivity index (χ1) is 9.72. The van der Waals surface area contributed by atoms with Crippen LogP contribution in [0.1, 0.15) is 35.4 Å². The molecule has 0 bridgehead atoms. The van der Waals surface area contributed by atoms with Crippen molar-refractivity contribution in [2.45, 2.75) is 32.2 Å². The summed E-state index contributed by atoms with van der Waals surface area (Å²) in [6, 6.07) is 0. The van der Waals surface area contributed by atoms with E-state index in [1.54, 1.807) is 11.8 Å². The van der Waals surface area contributed by atoms with E-state index in [0.717, 1.165) is 13.0 Å². The number of rotatable bonds is 8. The fourth-order valence-electron chi connectivity index (χ4n) is 2.58. The van der Waals surface area contributed by atoms with Crippen LogP contribution in [-0.4, -0.2) is 64.3 Å². The molecule has 0 radical (unpaired) electrons. The fourth-order valence-corrected chi connectivity index (χ4v) is 2.58. The van der Waals surface area contributed by atoms with Gasteiger partial charge in [0.15, 0.2) is 5.69 Å². The van der Waals surface area contributed by atoms with Crippen molar-refractivity contribution >= 4 is 5.97 Å². The van der Waals surface area contributed by atoms with Crippen LogP contribution >= 0.6 is 0 Å². The molecule has 1 aromatic heterocycles. The zero-order valence-corrected chi connectivity index (χ0v) is 11.9. The molecular weight excluding hydrogens is 260 g/mol. The zero-order valence-electron chi connectivity index (χ0n) is 11.9. The van der Waals surface area contributed by atoms with Gasteiger partial charge in [0.25, 0.3) is 0 Å². The van der Waals surface area contributed by atoms with Crippen molar-refractivity contribution in [3.05, 3.63) is 11.4 Å². The molecule has 20 heavy (non-hydrogen) atoms. The first kappa shape index (κ1) is 14.9. The van der Waals surface area contributed by atoms with E-state index in [1.165, 1.54) is 25.9 Å². The van der Waals surface area contributed by atoms with Gasteiger partial charge in [0.1, 0.15) is 0 Å². The molecule has 0 amide bonds. The predicted molar refractivity (Wildman–Crippen MR) is 72.9 cm³/mol. The summed E-state index contributed by atoms with van der Waals surface area (Å²) in [7, 11) is 1.60. The Morgan fingerprint density at radius 3 is 2.75 bits per heavy atom. The summed E-state index contributed by atoms with van der Waals surface area (Å²) in [6.07, 6.45) is 4.05. The van der Waals surface area contributed by atoms with Gasteiger partial charge in [-0.3, -0.25) is 0 Å². The maximum Gasteiger partial charge on any atom is 0.358 e. The van der Waals surface area contributed by atoms with Crippen LogP contribution in [0.5, 0.6) is 0 Å². The largest absolute Gasteiger partial charge is 0.476 e. The molecule has 2 heterocycles. The smallest absolute Gasteiger partial charge is 0.358 e. The number of hydrogen-bond acceptors (Lipinski definition) is 5.